The van der Waals surface area contributed by atoms with Gasteiger partial charge in [-0.05, 0) is 77.0 Å². The molecule has 0 saturated heterocycles. The number of amides is 5. The molecule has 0 bridgehead atoms. The van der Waals surface area contributed by atoms with E-state index < -0.39 is 47.8 Å². The third-order valence-corrected chi connectivity index (χ3v) is 9.92. The average molecular weight is 780 g/mol. The molecular formula is C45H61N7O5. The highest BCUT2D eigenvalue weighted by molar-refractivity contribution is 5.96. The molecule has 5 aromatic rings. The second kappa shape index (κ2) is 21.3. The number of nitrogens with one attached hydrogen (secondary N) is 4. The molecule has 5 aromatic carbocycles. The van der Waals surface area contributed by atoms with Crippen molar-refractivity contribution in [3.8, 4) is 0 Å². The van der Waals surface area contributed by atoms with Gasteiger partial charge in [-0.15, -0.1) is 0 Å². The Morgan fingerprint density at radius 3 is 1.40 bits per heavy atom. The van der Waals surface area contributed by atoms with Crippen molar-refractivity contribution in [3.63, 3.8) is 0 Å². The van der Waals surface area contributed by atoms with Crippen molar-refractivity contribution in [2.75, 3.05) is 13.1 Å². The van der Waals surface area contributed by atoms with Crippen molar-refractivity contribution < 1.29 is 29.7 Å². The summed E-state index contributed by atoms with van der Waals surface area (Å²) in [4.78, 5) is 68.1. The zero-order chi connectivity index (χ0) is 40.6. The van der Waals surface area contributed by atoms with Crippen molar-refractivity contribution in [1.29, 1.82) is 0 Å². The van der Waals surface area contributed by atoms with Crippen molar-refractivity contribution in [1.82, 2.24) is 21.3 Å². The number of benzene rings is 5. The maximum absolute atomic E-state index is 14.5. The number of rotatable bonds is 21. The van der Waals surface area contributed by atoms with Crippen LogP contribution < -0.4 is 38.5 Å². The first-order valence-corrected chi connectivity index (χ1v) is 19.5. The number of hydrogen-bond donors (Lipinski definition) is 7. The van der Waals surface area contributed by atoms with E-state index in [9.17, 15) is 24.0 Å². The van der Waals surface area contributed by atoms with Crippen molar-refractivity contribution in [3.05, 3.63) is 132 Å². The number of carbonyl (C=O) groups is 5. The third-order valence-electron chi connectivity index (χ3n) is 9.92. The summed E-state index contributed by atoms with van der Waals surface area (Å²) < 4.78 is 0. The van der Waals surface area contributed by atoms with Crippen LogP contribution >= 0.6 is 0 Å². The molecule has 12 heteroatoms. The van der Waals surface area contributed by atoms with E-state index in [2.05, 4.69) is 21.3 Å². The molecule has 10 N–H and O–H groups in total. The fraction of sp³-hybridized carbons (Fsp3) is 0.311. The van der Waals surface area contributed by atoms with E-state index in [-0.39, 0.29) is 37.3 Å². The lowest BCUT2D eigenvalue weighted by Crippen LogP contribution is -2.59. The van der Waals surface area contributed by atoms with Crippen LogP contribution in [-0.2, 0) is 43.2 Å². The van der Waals surface area contributed by atoms with Gasteiger partial charge in [0.1, 0.15) is 24.2 Å². The molecule has 0 radical (unpaired) electrons. The number of primary amides is 1. The minimum atomic E-state index is -1.17. The lowest BCUT2D eigenvalue weighted by atomic mass is 9.98. The van der Waals surface area contributed by atoms with Crippen LogP contribution in [0.3, 0.4) is 0 Å². The number of fused-ring (bicyclic) bond motifs is 2. The van der Waals surface area contributed by atoms with E-state index in [4.69, 9.17) is 17.2 Å². The van der Waals surface area contributed by atoms with Crippen LogP contribution in [0.15, 0.2) is 115 Å². The van der Waals surface area contributed by atoms with Gasteiger partial charge in [0, 0.05) is 31.4 Å². The predicted octanol–water partition coefficient (Wildman–Crippen LogP) is 4.30. The Labute approximate surface area is 339 Å². The number of unbranched alkanes of at least 4 members (excludes halogenated alkanes) is 1. The zero-order valence-corrected chi connectivity index (χ0v) is 32.1. The van der Waals surface area contributed by atoms with E-state index >= 15 is 0 Å². The largest absolute Gasteiger partial charge is 0.368 e. The molecule has 5 rings (SSSR count). The minimum absolute atomic E-state index is 0. The molecule has 0 spiro atoms. The molecule has 12 nitrogen and oxygen atoms in total. The van der Waals surface area contributed by atoms with Crippen molar-refractivity contribution in [2.24, 2.45) is 17.2 Å². The first-order chi connectivity index (χ1) is 27.6. The Balaban J connectivity index is 0.00000465. The predicted molar refractivity (Wildman–Crippen MR) is 232 cm³/mol. The Morgan fingerprint density at radius 1 is 0.474 bits per heavy atom. The quantitative estimate of drug-likeness (QED) is 0.0537. The molecule has 0 heterocycles. The van der Waals surface area contributed by atoms with Gasteiger partial charge < -0.3 is 38.5 Å². The highest BCUT2D eigenvalue weighted by Crippen LogP contribution is 2.19. The summed E-state index contributed by atoms with van der Waals surface area (Å²) in [6.45, 7) is 0.742. The summed E-state index contributed by atoms with van der Waals surface area (Å²) >= 11 is 0. The second-order valence-electron chi connectivity index (χ2n) is 14.3. The molecule has 5 amide bonds. The fourth-order valence-corrected chi connectivity index (χ4v) is 6.80. The van der Waals surface area contributed by atoms with Gasteiger partial charge in [0.2, 0.25) is 29.5 Å². The number of nitrogens with two attached hydrogens (primary N) is 3. The van der Waals surface area contributed by atoms with E-state index in [1.807, 2.05) is 115 Å². The first kappa shape index (κ1) is 42.0. The van der Waals surface area contributed by atoms with Gasteiger partial charge in [-0.25, -0.2) is 0 Å². The first-order valence-electron chi connectivity index (χ1n) is 19.5. The Kier molecular flexibility index (Phi) is 15.7. The van der Waals surface area contributed by atoms with Crippen molar-refractivity contribution >= 4 is 51.1 Å². The smallest absolute Gasteiger partial charge is 0.243 e. The number of carbonyl (C=O) groups excluding carboxylic acids is 5. The molecule has 4 atom stereocenters. The molecule has 57 heavy (non-hydrogen) atoms. The molecule has 306 valence electrons. The van der Waals surface area contributed by atoms with Crippen LogP contribution in [0.1, 0.15) is 54.5 Å². The maximum atomic E-state index is 14.5. The van der Waals surface area contributed by atoms with E-state index in [1.54, 1.807) is 0 Å². The van der Waals surface area contributed by atoms with Gasteiger partial charge in [0.05, 0.1) is 0 Å². The van der Waals surface area contributed by atoms with Gasteiger partial charge in [0.15, 0.2) is 0 Å². The lowest BCUT2D eigenvalue weighted by molar-refractivity contribution is -0.134. The van der Waals surface area contributed by atoms with Crippen LogP contribution in [0.5, 0.6) is 0 Å². The van der Waals surface area contributed by atoms with Gasteiger partial charge in [0.25, 0.3) is 0 Å². The molecule has 2 unspecified atom stereocenters. The van der Waals surface area contributed by atoms with E-state index in [1.165, 1.54) is 0 Å². The Morgan fingerprint density at radius 2 is 0.912 bits per heavy atom. The Bertz CT molecular complexity index is 2160. The fourth-order valence-electron chi connectivity index (χ4n) is 6.80. The summed E-state index contributed by atoms with van der Waals surface area (Å²) in [7, 11) is 0. The summed E-state index contributed by atoms with van der Waals surface area (Å²) in [5.74, 6) is -2.82. The van der Waals surface area contributed by atoms with Gasteiger partial charge >= 0.3 is 0 Å². The van der Waals surface area contributed by atoms with Gasteiger partial charge in [-0.1, -0.05) is 115 Å². The zero-order valence-electron chi connectivity index (χ0n) is 32.1. The monoisotopic (exact) mass is 779 g/mol. The average Bonchev–Trinajstić information content (AvgIpc) is 3.22. The van der Waals surface area contributed by atoms with Gasteiger partial charge in [-0.2, -0.15) is 0 Å². The van der Waals surface area contributed by atoms with Crippen LogP contribution in [0.4, 0.5) is 0 Å². The number of hydrogen-bond acceptors (Lipinski definition) is 7. The summed E-state index contributed by atoms with van der Waals surface area (Å²) in [5.41, 5.74) is 19.3. The molecule has 0 fully saturated rings. The normalized spacial score (nSPS) is 13.2. The molecule has 0 aliphatic carbocycles. The molecule has 0 aliphatic heterocycles. The standard InChI is InChI=1S/C45H53N7O5.4H2/c46-23-9-8-17-37(42(48)54)50-44(56)39(27-30-11-2-1-3-12-30)51-45(57)40(29-32-20-22-34-14-5-7-16-36(34)26-32)52-43(55)38(49-41(53)18-10-24-47)28-31-19-21-33-13-4-6-15-35(33)25-31;;;;/h1-7,11-16,19-22,25-26,37-40H,8-10,17-18,23-24,27-29,46-47H2,(H2,48,54)(H,49,53)(H,50,56)(H,51,57)(H,52,55);4*1H/t37?,38?,39-,40+;;;;/m0..../s1. The Hall–Kier alpha value is -6.11. The SMILES string of the molecule is NCCCCC(NC(=O)[C@H](Cc1ccccc1)NC(=O)[C@@H](Cc1ccc2ccccc2c1)NC(=O)C(Cc1ccc2ccccc2c1)NC(=O)CCCN)C(N)=O.[HH].[HH].[HH].[HH]. The maximum Gasteiger partial charge on any atom is 0.243 e. The molecule has 0 aliphatic rings. The molecule has 0 aromatic heterocycles. The van der Waals surface area contributed by atoms with Gasteiger partial charge in [-0.3, -0.25) is 24.0 Å². The van der Waals surface area contributed by atoms with Crippen LogP contribution in [-0.4, -0.2) is 66.8 Å². The highest BCUT2D eigenvalue weighted by atomic mass is 16.2. The topological polar surface area (TPSA) is 212 Å². The third kappa shape index (κ3) is 12.7. The van der Waals surface area contributed by atoms with Crippen LogP contribution in [0, 0.1) is 0 Å². The van der Waals surface area contributed by atoms with Crippen molar-refractivity contribution in [2.45, 2.75) is 75.5 Å². The highest BCUT2D eigenvalue weighted by Gasteiger charge is 2.31. The molecular weight excluding hydrogens is 719 g/mol. The summed E-state index contributed by atoms with van der Waals surface area (Å²) in [5, 5.41) is 15.4. The second-order valence-corrected chi connectivity index (χ2v) is 14.3. The molecule has 0 saturated carbocycles. The minimum Gasteiger partial charge on any atom is -0.368 e. The lowest BCUT2D eigenvalue weighted by Gasteiger charge is -2.27. The van der Waals surface area contributed by atoms with E-state index in [0.29, 0.717) is 38.8 Å². The summed E-state index contributed by atoms with van der Waals surface area (Å²) in [6.07, 6.45) is 2.43. The summed E-state index contributed by atoms with van der Waals surface area (Å²) in [6, 6.07) is 32.2. The van der Waals surface area contributed by atoms with Crippen LogP contribution in [0.2, 0.25) is 0 Å². The van der Waals surface area contributed by atoms with E-state index in [0.717, 1.165) is 38.2 Å². The van der Waals surface area contributed by atoms with Crippen LogP contribution in [0.25, 0.3) is 21.5 Å².